The van der Waals surface area contributed by atoms with E-state index in [4.69, 9.17) is 0 Å². The highest BCUT2D eigenvalue weighted by Crippen LogP contribution is 2.28. The fourth-order valence-electron chi connectivity index (χ4n) is 2.45. The van der Waals surface area contributed by atoms with Gasteiger partial charge < -0.3 is 10.6 Å². The van der Waals surface area contributed by atoms with Crippen LogP contribution in [0.15, 0.2) is 53.0 Å². The molecule has 0 unspecified atom stereocenters. The fraction of sp³-hybridized carbons (Fsp3) is 0.158. The molecule has 3 rings (SSSR count). The number of aryl methyl sites for hydroxylation is 2. The summed E-state index contributed by atoms with van der Waals surface area (Å²) in [5.74, 6) is -0.144. The second-order valence-corrected chi connectivity index (χ2v) is 7.45. The number of hydrogen-bond acceptors (Lipinski definition) is 4. The predicted molar refractivity (Wildman–Crippen MR) is 108 cm³/mol. The van der Waals surface area contributed by atoms with Crippen molar-refractivity contribution >= 4 is 49.7 Å². The minimum atomic E-state index is -0.144. The Morgan fingerprint density at radius 3 is 2.60 bits per heavy atom. The molecule has 0 radical (unpaired) electrons. The van der Waals surface area contributed by atoms with Crippen LogP contribution in [0.25, 0.3) is 0 Å². The van der Waals surface area contributed by atoms with Gasteiger partial charge in [0.1, 0.15) is 4.88 Å². The molecule has 2 aromatic carbocycles. The lowest BCUT2D eigenvalue weighted by Gasteiger charge is -2.07. The first kappa shape index (κ1) is 17.6. The summed E-state index contributed by atoms with van der Waals surface area (Å²) in [7, 11) is 0. The lowest BCUT2D eigenvalue weighted by atomic mass is 10.1. The molecule has 0 aliphatic heterocycles. The van der Waals surface area contributed by atoms with E-state index < -0.39 is 0 Å². The van der Waals surface area contributed by atoms with Crippen molar-refractivity contribution in [2.75, 3.05) is 10.6 Å². The van der Waals surface area contributed by atoms with Gasteiger partial charge in [0.05, 0.1) is 5.69 Å². The van der Waals surface area contributed by atoms with Gasteiger partial charge in [-0.3, -0.25) is 4.79 Å². The molecular formula is C19H18BrN3OS. The molecule has 3 aromatic rings. The molecule has 0 fully saturated rings. The van der Waals surface area contributed by atoms with Crippen molar-refractivity contribution in [3.8, 4) is 0 Å². The molecule has 0 aliphatic carbocycles. The molecule has 1 heterocycles. The third-order valence-corrected chi connectivity index (χ3v) is 5.35. The van der Waals surface area contributed by atoms with Gasteiger partial charge in [0.15, 0.2) is 5.13 Å². The standard InChI is InChI=1S/C19H18BrN3OS/c1-3-13-6-4-5-7-16(13)23-19-21-12(2)17(25-19)18(24)22-15-10-8-14(20)9-11-15/h4-11H,3H2,1-2H3,(H,21,23)(H,22,24). The van der Waals surface area contributed by atoms with Gasteiger partial charge in [-0.05, 0) is 49.2 Å². The van der Waals surface area contributed by atoms with Crippen molar-refractivity contribution in [2.24, 2.45) is 0 Å². The smallest absolute Gasteiger partial charge is 0.267 e. The number of anilines is 3. The van der Waals surface area contributed by atoms with Gasteiger partial charge in [-0.1, -0.05) is 52.4 Å². The Morgan fingerprint density at radius 1 is 1.16 bits per heavy atom. The maximum atomic E-state index is 12.5. The number of para-hydroxylation sites is 1. The number of nitrogens with zero attached hydrogens (tertiary/aromatic N) is 1. The number of carbonyl (C=O) groups is 1. The van der Waals surface area contributed by atoms with E-state index in [1.165, 1.54) is 16.9 Å². The SMILES string of the molecule is CCc1ccccc1Nc1nc(C)c(C(=O)Nc2ccc(Br)cc2)s1. The Kier molecular flexibility index (Phi) is 5.50. The Labute approximate surface area is 159 Å². The first-order valence-corrected chi connectivity index (χ1v) is 9.57. The van der Waals surface area contributed by atoms with Gasteiger partial charge >= 0.3 is 0 Å². The minimum Gasteiger partial charge on any atom is -0.331 e. The average molecular weight is 416 g/mol. The molecule has 1 aromatic heterocycles. The van der Waals surface area contributed by atoms with E-state index in [0.29, 0.717) is 4.88 Å². The van der Waals surface area contributed by atoms with E-state index in [9.17, 15) is 4.79 Å². The normalized spacial score (nSPS) is 10.5. The van der Waals surface area contributed by atoms with Gasteiger partial charge in [-0.15, -0.1) is 0 Å². The molecule has 2 N–H and O–H groups in total. The van der Waals surface area contributed by atoms with Crippen molar-refractivity contribution in [1.82, 2.24) is 4.98 Å². The van der Waals surface area contributed by atoms with E-state index in [1.807, 2.05) is 49.4 Å². The highest BCUT2D eigenvalue weighted by atomic mass is 79.9. The van der Waals surface area contributed by atoms with Crippen molar-refractivity contribution in [3.05, 3.63) is 69.1 Å². The fourth-order valence-corrected chi connectivity index (χ4v) is 3.59. The maximum absolute atomic E-state index is 12.5. The molecule has 0 saturated carbocycles. The zero-order valence-electron chi connectivity index (χ0n) is 14.0. The second-order valence-electron chi connectivity index (χ2n) is 5.53. The Bertz CT molecular complexity index is 890. The highest BCUT2D eigenvalue weighted by molar-refractivity contribution is 9.10. The third-order valence-electron chi connectivity index (χ3n) is 3.74. The number of benzene rings is 2. The summed E-state index contributed by atoms with van der Waals surface area (Å²) in [6.07, 6.45) is 0.935. The zero-order valence-corrected chi connectivity index (χ0v) is 16.4. The largest absolute Gasteiger partial charge is 0.331 e. The van der Waals surface area contributed by atoms with Crippen LogP contribution in [0.2, 0.25) is 0 Å². The molecule has 25 heavy (non-hydrogen) atoms. The number of halogens is 1. The van der Waals surface area contributed by atoms with E-state index in [2.05, 4.69) is 44.5 Å². The number of carbonyl (C=O) groups excluding carboxylic acids is 1. The molecule has 0 spiro atoms. The first-order chi connectivity index (χ1) is 12.1. The number of amides is 1. The summed E-state index contributed by atoms with van der Waals surface area (Å²) >= 11 is 4.75. The van der Waals surface area contributed by atoms with Crippen LogP contribution in [0.5, 0.6) is 0 Å². The highest BCUT2D eigenvalue weighted by Gasteiger charge is 2.16. The lowest BCUT2D eigenvalue weighted by Crippen LogP contribution is -2.11. The van der Waals surface area contributed by atoms with Gasteiger partial charge in [-0.25, -0.2) is 4.98 Å². The molecule has 6 heteroatoms. The summed E-state index contributed by atoms with van der Waals surface area (Å²) in [5.41, 5.74) is 3.72. The van der Waals surface area contributed by atoms with Crippen LogP contribution in [0.4, 0.5) is 16.5 Å². The monoisotopic (exact) mass is 415 g/mol. The molecule has 128 valence electrons. The van der Waals surface area contributed by atoms with E-state index in [0.717, 1.165) is 33.1 Å². The number of nitrogens with one attached hydrogen (secondary N) is 2. The van der Waals surface area contributed by atoms with Gasteiger partial charge in [-0.2, -0.15) is 0 Å². The van der Waals surface area contributed by atoms with Crippen LogP contribution in [-0.4, -0.2) is 10.9 Å². The number of hydrogen-bond donors (Lipinski definition) is 2. The van der Waals surface area contributed by atoms with Crippen LogP contribution in [0.3, 0.4) is 0 Å². The quantitative estimate of drug-likeness (QED) is 0.555. The summed E-state index contributed by atoms with van der Waals surface area (Å²) in [5, 5.41) is 6.96. The number of rotatable bonds is 5. The molecular weight excluding hydrogens is 398 g/mol. The minimum absolute atomic E-state index is 0.144. The van der Waals surface area contributed by atoms with Crippen LogP contribution in [0, 0.1) is 6.92 Å². The molecule has 0 bridgehead atoms. The summed E-state index contributed by atoms with van der Waals surface area (Å²) in [4.78, 5) is 17.6. The Hall–Kier alpha value is -2.18. The van der Waals surface area contributed by atoms with Gasteiger partial charge in [0.2, 0.25) is 0 Å². The zero-order chi connectivity index (χ0) is 17.8. The predicted octanol–water partition coefficient (Wildman–Crippen LogP) is 5.77. The second kappa shape index (κ2) is 7.80. The Balaban J connectivity index is 1.77. The van der Waals surface area contributed by atoms with E-state index >= 15 is 0 Å². The average Bonchev–Trinajstić information content (AvgIpc) is 2.98. The first-order valence-electron chi connectivity index (χ1n) is 7.96. The Morgan fingerprint density at radius 2 is 1.88 bits per heavy atom. The van der Waals surface area contributed by atoms with Crippen molar-refractivity contribution < 1.29 is 4.79 Å². The molecule has 0 atom stereocenters. The number of thiazole rings is 1. The van der Waals surface area contributed by atoms with Crippen LogP contribution in [-0.2, 0) is 6.42 Å². The lowest BCUT2D eigenvalue weighted by molar-refractivity contribution is 0.103. The van der Waals surface area contributed by atoms with Crippen LogP contribution >= 0.6 is 27.3 Å². The van der Waals surface area contributed by atoms with E-state index in [-0.39, 0.29) is 5.91 Å². The van der Waals surface area contributed by atoms with E-state index in [1.54, 1.807) is 0 Å². The maximum Gasteiger partial charge on any atom is 0.267 e. The molecule has 1 amide bonds. The van der Waals surface area contributed by atoms with Gasteiger partial charge in [0.25, 0.3) is 5.91 Å². The molecule has 4 nitrogen and oxygen atoms in total. The molecule has 0 saturated heterocycles. The third kappa shape index (κ3) is 4.27. The van der Waals surface area contributed by atoms with Crippen LogP contribution < -0.4 is 10.6 Å². The topological polar surface area (TPSA) is 54.0 Å². The summed E-state index contributed by atoms with van der Waals surface area (Å²) < 4.78 is 0.973. The van der Waals surface area contributed by atoms with Gasteiger partial charge in [0, 0.05) is 15.8 Å². The van der Waals surface area contributed by atoms with Crippen molar-refractivity contribution in [2.45, 2.75) is 20.3 Å². The molecule has 0 aliphatic rings. The van der Waals surface area contributed by atoms with Crippen LogP contribution in [0.1, 0.15) is 27.9 Å². The van der Waals surface area contributed by atoms with Crippen molar-refractivity contribution in [1.29, 1.82) is 0 Å². The van der Waals surface area contributed by atoms with Crippen molar-refractivity contribution in [3.63, 3.8) is 0 Å². The summed E-state index contributed by atoms with van der Waals surface area (Å²) in [6, 6.07) is 15.6. The summed E-state index contributed by atoms with van der Waals surface area (Å²) in [6.45, 7) is 3.97. The number of aromatic nitrogens is 1.